The molecule has 0 fully saturated rings. The fraction of sp³-hybridized carbons (Fsp3) is 0.222. The number of aliphatic carboxylic acids is 1. The number of carboxylic acids is 1. The Morgan fingerprint density at radius 2 is 1.59 bits per heavy atom. The lowest BCUT2D eigenvalue weighted by Crippen LogP contribution is -2.33. The van der Waals surface area contributed by atoms with Crippen molar-refractivity contribution in [2.24, 2.45) is 5.73 Å². The summed E-state index contributed by atoms with van der Waals surface area (Å²) in [4.78, 5) is 10.4. The first-order valence-electron chi connectivity index (χ1n) is 4.26. The van der Waals surface area contributed by atoms with Gasteiger partial charge in [-0.3, -0.25) is 4.79 Å². The van der Waals surface area contributed by atoms with Gasteiger partial charge in [0.25, 0.3) is 0 Å². The van der Waals surface area contributed by atoms with Gasteiger partial charge in [-0.1, -0.05) is 0 Å². The first-order valence-corrected chi connectivity index (χ1v) is 5.05. The lowest BCUT2D eigenvalue weighted by molar-refractivity contribution is -0.138. The number of rotatable bonds is 3. The molecule has 0 radical (unpaired) electrons. The summed E-state index contributed by atoms with van der Waals surface area (Å²) in [7, 11) is 0. The summed E-state index contributed by atoms with van der Waals surface area (Å²) in [6, 6.07) is -1.65. The van der Waals surface area contributed by atoms with Gasteiger partial charge in [0, 0.05) is 12.0 Å². The molecule has 0 aliphatic carbocycles. The van der Waals surface area contributed by atoms with Crippen LogP contribution in [0.25, 0.3) is 0 Å². The van der Waals surface area contributed by atoms with E-state index in [9.17, 15) is 22.4 Å². The Hall–Kier alpha value is -1.15. The number of halogens is 5. The molecule has 3 nitrogen and oxygen atoms in total. The molecule has 0 amide bonds. The molecule has 1 unspecified atom stereocenters. The van der Waals surface area contributed by atoms with Gasteiger partial charge in [0.15, 0.2) is 23.3 Å². The second-order valence-electron chi connectivity index (χ2n) is 3.20. The number of nitrogens with two attached hydrogens (primary N) is 1. The molecule has 94 valence electrons. The van der Waals surface area contributed by atoms with Crippen LogP contribution in [0.1, 0.15) is 5.56 Å². The number of hydrogen-bond acceptors (Lipinski definition) is 2. The van der Waals surface area contributed by atoms with Crippen molar-refractivity contribution in [3.63, 3.8) is 0 Å². The van der Waals surface area contributed by atoms with Crippen LogP contribution in [0.5, 0.6) is 0 Å². The molecule has 1 aromatic carbocycles. The van der Waals surface area contributed by atoms with Crippen molar-refractivity contribution < 1.29 is 27.5 Å². The molecule has 0 aliphatic heterocycles. The summed E-state index contributed by atoms with van der Waals surface area (Å²) in [5, 5.41) is 8.45. The van der Waals surface area contributed by atoms with Gasteiger partial charge in [-0.25, -0.2) is 17.6 Å². The summed E-state index contributed by atoms with van der Waals surface area (Å²) >= 11 is 2.33. The average Bonchev–Trinajstić information content (AvgIpc) is 2.29. The van der Waals surface area contributed by atoms with Crippen LogP contribution in [-0.4, -0.2) is 17.1 Å². The molecule has 0 aromatic heterocycles. The maximum Gasteiger partial charge on any atom is 0.320 e. The van der Waals surface area contributed by atoms with Gasteiger partial charge in [0.2, 0.25) is 0 Å². The first kappa shape index (κ1) is 13.9. The fourth-order valence-corrected chi connectivity index (χ4v) is 1.48. The summed E-state index contributed by atoms with van der Waals surface area (Å²) in [5.41, 5.74) is 4.01. The summed E-state index contributed by atoms with van der Waals surface area (Å²) in [6.45, 7) is 0. The van der Waals surface area contributed by atoms with Gasteiger partial charge in [-0.2, -0.15) is 0 Å². The highest BCUT2D eigenvalue weighted by Gasteiger charge is 2.26. The topological polar surface area (TPSA) is 63.3 Å². The van der Waals surface area contributed by atoms with E-state index in [2.05, 4.69) is 15.9 Å². The Kier molecular flexibility index (Phi) is 4.10. The Morgan fingerprint density at radius 3 is 1.94 bits per heavy atom. The molecular formula is C9H6BrF4NO2. The van der Waals surface area contributed by atoms with Crippen LogP contribution in [-0.2, 0) is 11.2 Å². The average molecular weight is 316 g/mol. The maximum absolute atomic E-state index is 13.3. The van der Waals surface area contributed by atoms with Crippen molar-refractivity contribution in [2.75, 3.05) is 0 Å². The molecule has 0 bridgehead atoms. The van der Waals surface area contributed by atoms with Crippen molar-refractivity contribution in [2.45, 2.75) is 12.5 Å². The van der Waals surface area contributed by atoms with Crippen LogP contribution in [0.4, 0.5) is 17.6 Å². The van der Waals surface area contributed by atoms with Gasteiger partial charge in [0.05, 0.1) is 4.47 Å². The quantitative estimate of drug-likeness (QED) is 0.509. The van der Waals surface area contributed by atoms with Crippen molar-refractivity contribution in [3.8, 4) is 0 Å². The maximum atomic E-state index is 13.3. The van der Waals surface area contributed by atoms with Gasteiger partial charge >= 0.3 is 5.97 Å². The van der Waals surface area contributed by atoms with Crippen molar-refractivity contribution in [3.05, 3.63) is 33.3 Å². The standard InChI is InChI=1S/C9H6BrF4NO2/c10-4-7(13)5(11)2(6(12)8(4)14)1-3(15)9(16)17/h3H,1,15H2,(H,16,17). The molecule has 0 saturated carbocycles. The molecule has 1 atom stereocenters. The molecule has 8 heteroatoms. The molecule has 17 heavy (non-hydrogen) atoms. The Bertz CT molecular complexity index is 452. The third-order valence-corrected chi connectivity index (χ3v) is 2.74. The SMILES string of the molecule is NC(Cc1c(F)c(F)c(Br)c(F)c1F)C(=O)O. The van der Waals surface area contributed by atoms with Crippen LogP contribution < -0.4 is 5.73 Å². The van der Waals surface area contributed by atoms with E-state index in [-0.39, 0.29) is 0 Å². The van der Waals surface area contributed by atoms with Gasteiger partial charge in [-0.05, 0) is 15.9 Å². The highest BCUT2D eigenvalue weighted by molar-refractivity contribution is 9.10. The van der Waals surface area contributed by atoms with Crippen molar-refractivity contribution in [1.29, 1.82) is 0 Å². The molecule has 0 aliphatic rings. The van der Waals surface area contributed by atoms with E-state index >= 15 is 0 Å². The molecular weight excluding hydrogens is 310 g/mol. The third kappa shape index (κ3) is 2.58. The van der Waals surface area contributed by atoms with Gasteiger partial charge < -0.3 is 10.8 Å². The number of hydrogen-bond donors (Lipinski definition) is 2. The molecule has 1 aromatic rings. The normalized spacial score (nSPS) is 12.6. The van der Waals surface area contributed by atoms with E-state index < -0.39 is 51.7 Å². The lowest BCUT2D eigenvalue weighted by Gasteiger charge is -2.11. The van der Waals surface area contributed by atoms with Crippen LogP contribution >= 0.6 is 15.9 Å². The lowest BCUT2D eigenvalue weighted by atomic mass is 10.0. The Balaban J connectivity index is 3.30. The second kappa shape index (κ2) is 5.01. The second-order valence-corrected chi connectivity index (χ2v) is 3.99. The van der Waals surface area contributed by atoms with Crippen LogP contribution in [0.2, 0.25) is 0 Å². The van der Waals surface area contributed by atoms with E-state index in [0.717, 1.165) is 0 Å². The minimum Gasteiger partial charge on any atom is -0.480 e. The smallest absolute Gasteiger partial charge is 0.320 e. The predicted molar refractivity (Wildman–Crippen MR) is 53.3 cm³/mol. The van der Waals surface area contributed by atoms with Crippen LogP contribution in [0.15, 0.2) is 4.47 Å². The molecule has 0 saturated heterocycles. The summed E-state index contributed by atoms with van der Waals surface area (Å²) in [6.07, 6.45) is -0.853. The van der Waals surface area contributed by atoms with Gasteiger partial charge in [0.1, 0.15) is 6.04 Å². The molecule has 0 heterocycles. The highest BCUT2D eigenvalue weighted by Crippen LogP contribution is 2.28. The first-order chi connectivity index (χ1) is 7.77. The summed E-state index contributed by atoms with van der Waals surface area (Å²) < 4.78 is 51.7. The monoisotopic (exact) mass is 315 g/mol. The van der Waals surface area contributed by atoms with E-state index in [1.807, 2.05) is 0 Å². The van der Waals surface area contributed by atoms with Crippen LogP contribution in [0, 0.1) is 23.3 Å². The Morgan fingerprint density at radius 1 is 1.18 bits per heavy atom. The summed E-state index contributed by atoms with van der Waals surface area (Å²) in [5.74, 6) is -8.11. The van der Waals surface area contributed by atoms with Crippen LogP contribution in [0.3, 0.4) is 0 Å². The minimum atomic E-state index is -1.66. The van der Waals surface area contributed by atoms with Crippen molar-refractivity contribution >= 4 is 21.9 Å². The number of carboxylic acid groups (broad SMARTS) is 1. The third-order valence-electron chi connectivity index (χ3n) is 2.04. The number of carbonyl (C=O) groups is 1. The molecule has 1 rings (SSSR count). The minimum absolute atomic E-state index is 0.853. The number of benzene rings is 1. The van der Waals surface area contributed by atoms with E-state index in [1.165, 1.54) is 0 Å². The van der Waals surface area contributed by atoms with E-state index in [1.54, 1.807) is 0 Å². The zero-order valence-corrected chi connectivity index (χ0v) is 9.69. The van der Waals surface area contributed by atoms with Gasteiger partial charge in [-0.15, -0.1) is 0 Å². The van der Waals surface area contributed by atoms with Crippen molar-refractivity contribution in [1.82, 2.24) is 0 Å². The highest BCUT2D eigenvalue weighted by atomic mass is 79.9. The molecule has 0 spiro atoms. The Labute approximate surface area is 101 Å². The van der Waals surface area contributed by atoms with E-state index in [4.69, 9.17) is 10.8 Å². The largest absolute Gasteiger partial charge is 0.480 e. The predicted octanol–water partition coefficient (Wildman–Crippen LogP) is 1.96. The fourth-order valence-electron chi connectivity index (χ4n) is 1.14. The van der Waals surface area contributed by atoms with E-state index in [0.29, 0.717) is 0 Å². The zero-order chi connectivity index (χ0) is 13.3. The molecule has 3 N–H and O–H groups in total. The zero-order valence-electron chi connectivity index (χ0n) is 8.11.